The number of nitrogens with two attached hydrogens (primary N) is 1. The number of carbonyl (C=O) groups excluding carboxylic acids is 1. The second kappa shape index (κ2) is 7.34. The third-order valence-corrected chi connectivity index (χ3v) is 3.73. The van der Waals surface area contributed by atoms with E-state index in [0.717, 1.165) is 5.56 Å². The lowest BCUT2D eigenvalue weighted by Gasteiger charge is -2.11. The lowest BCUT2D eigenvalue weighted by molar-refractivity contribution is -0.118. The molecule has 0 aliphatic carbocycles. The largest absolute Gasteiger partial charge is 0.324 e. The molecule has 0 saturated carbocycles. The van der Waals surface area contributed by atoms with E-state index in [-0.39, 0.29) is 24.1 Å². The average molecular weight is 306 g/mol. The van der Waals surface area contributed by atoms with Crippen LogP contribution in [0.4, 0.5) is 4.39 Å². The summed E-state index contributed by atoms with van der Waals surface area (Å²) in [5.74, 6) is -0.378. The van der Waals surface area contributed by atoms with Crippen LogP contribution in [-0.2, 0) is 11.2 Å². The molecular weight excluding hydrogens is 289 g/mol. The van der Waals surface area contributed by atoms with Gasteiger partial charge in [0.1, 0.15) is 11.6 Å². The van der Waals surface area contributed by atoms with Gasteiger partial charge in [0.05, 0.1) is 0 Å². The minimum atomic E-state index is -0.386. The topological polar surface area (TPSA) is 43.1 Å². The van der Waals surface area contributed by atoms with Gasteiger partial charge in [-0.05, 0) is 35.7 Å². The zero-order valence-corrected chi connectivity index (χ0v) is 12.3. The summed E-state index contributed by atoms with van der Waals surface area (Å²) in [5.41, 5.74) is 7.58. The van der Waals surface area contributed by atoms with E-state index < -0.39 is 0 Å². The normalized spacial score (nSPS) is 12.1. The number of hydrogen-bond donors (Lipinski definition) is 1. The van der Waals surface area contributed by atoms with Gasteiger partial charge in [-0.15, -0.1) is 0 Å². The molecule has 2 nitrogen and oxygen atoms in total. The van der Waals surface area contributed by atoms with Gasteiger partial charge in [-0.25, -0.2) is 4.39 Å². The van der Waals surface area contributed by atoms with Crippen molar-refractivity contribution in [2.75, 3.05) is 0 Å². The van der Waals surface area contributed by atoms with Crippen molar-refractivity contribution in [3.8, 4) is 0 Å². The Morgan fingerprint density at radius 1 is 1.19 bits per heavy atom. The second-order valence-corrected chi connectivity index (χ2v) is 5.41. The number of carbonyl (C=O) groups is 1. The smallest absolute Gasteiger partial charge is 0.137 e. The lowest BCUT2D eigenvalue weighted by Crippen LogP contribution is -2.13. The molecule has 0 aliphatic rings. The highest BCUT2D eigenvalue weighted by Gasteiger charge is 2.11. The quantitative estimate of drug-likeness (QED) is 0.874. The fourth-order valence-electron chi connectivity index (χ4n) is 2.16. The number of benzene rings is 2. The molecule has 110 valence electrons. The summed E-state index contributed by atoms with van der Waals surface area (Å²) < 4.78 is 13.1. The van der Waals surface area contributed by atoms with E-state index >= 15 is 0 Å². The Bertz CT molecular complexity index is 615. The summed E-state index contributed by atoms with van der Waals surface area (Å²) >= 11 is 5.96. The Balaban J connectivity index is 1.89. The van der Waals surface area contributed by atoms with Gasteiger partial charge >= 0.3 is 0 Å². The number of Topliss-reactive ketones (excluding diaryl/α,β-unsaturated/α-hetero) is 1. The van der Waals surface area contributed by atoms with E-state index in [1.54, 1.807) is 0 Å². The first-order valence-corrected chi connectivity index (χ1v) is 7.20. The van der Waals surface area contributed by atoms with E-state index in [0.29, 0.717) is 23.4 Å². The van der Waals surface area contributed by atoms with Crippen LogP contribution < -0.4 is 5.73 Å². The molecule has 2 rings (SSSR count). The molecule has 21 heavy (non-hydrogen) atoms. The lowest BCUT2D eigenvalue weighted by atomic mass is 9.99. The number of ketones is 1. The average Bonchev–Trinajstić information content (AvgIpc) is 2.49. The first-order valence-electron chi connectivity index (χ1n) is 6.82. The van der Waals surface area contributed by atoms with Crippen molar-refractivity contribution in [3.63, 3.8) is 0 Å². The van der Waals surface area contributed by atoms with Crippen molar-refractivity contribution in [1.29, 1.82) is 0 Å². The van der Waals surface area contributed by atoms with Crippen LogP contribution in [0.3, 0.4) is 0 Å². The molecule has 4 heteroatoms. The van der Waals surface area contributed by atoms with Crippen LogP contribution in [0.2, 0.25) is 5.02 Å². The van der Waals surface area contributed by atoms with Crippen LogP contribution in [0.5, 0.6) is 0 Å². The zero-order valence-electron chi connectivity index (χ0n) is 11.6. The molecule has 0 aromatic heterocycles. The van der Waals surface area contributed by atoms with Gasteiger partial charge in [-0.2, -0.15) is 0 Å². The maximum atomic E-state index is 13.1. The summed E-state index contributed by atoms with van der Waals surface area (Å²) in [6, 6.07) is 13.5. The van der Waals surface area contributed by atoms with Gasteiger partial charge in [0, 0.05) is 23.9 Å². The van der Waals surface area contributed by atoms with Crippen molar-refractivity contribution in [3.05, 3.63) is 70.5 Å². The molecule has 2 aromatic rings. The van der Waals surface area contributed by atoms with Crippen LogP contribution in [0.25, 0.3) is 0 Å². The molecule has 0 aliphatic heterocycles. The number of hydrogen-bond acceptors (Lipinski definition) is 2. The monoisotopic (exact) mass is 305 g/mol. The molecule has 0 spiro atoms. The molecule has 1 atom stereocenters. The molecule has 0 fully saturated rings. The molecule has 0 bridgehead atoms. The Morgan fingerprint density at radius 3 is 2.62 bits per heavy atom. The van der Waals surface area contributed by atoms with Crippen molar-refractivity contribution in [2.24, 2.45) is 5.73 Å². The van der Waals surface area contributed by atoms with E-state index in [1.807, 2.05) is 30.3 Å². The minimum absolute atomic E-state index is 0.00822. The summed E-state index contributed by atoms with van der Waals surface area (Å²) in [6.45, 7) is 0. The highest BCUT2D eigenvalue weighted by atomic mass is 35.5. The second-order valence-electron chi connectivity index (χ2n) is 5.01. The molecular formula is C17H17ClFNO. The first kappa shape index (κ1) is 15.7. The van der Waals surface area contributed by atoms with Crippen molar-refractivity contribution < 1.29 is 9.18 Å². The SMILES string of the molecule is NC(CCC(=O)Cc1cc(F)ccc1Cl)c1ccccc1. The molecule has 0 saturated heterocycles. The van der Waals surface area contributed by atoms with Gasteiger partial charge in [0.25, 0.3) is 0 Å². The van der Waals surface area contributed by atoms with Gasteiger partial charge in [-0.3, -0.25) is 4.79 Å². The Labute approximate surface area is 128 Å². The summed E-state index contributed by atoms with van der Waals surface area (Å²) in [4.78, 5) is 12.0. The fourth-order valence-corrected chi connectivity index (χ4v) is 2.35. The van der Waals surface area contributed by atoms with E-state index in [4.69, 9.17) is 17.3 Å². The maximum absolute atomic E-state index is 13.1. The van der Waals surface area contributed by atoms with Gasteiger partial charge in [0.2, 0.25) is 0 Å². The zero-order chi connectivity index (χ0) is 15.2. The number of halogens is 2. The third kappa shape index (κ3) is 4.66. The maximum Gasteiger partial charge on any atom is 0.137 e. The standard InChI is InChI=1S/C17H17ClFNO/c18-16-8-6-14(19)10-13(16)11-15(21)7-9-17(20)12-4-2-1-3-5-12/h1-6,8,10,17H,7,9,11,20H2. The molecule has 0 radical (unpaired) electrons. The Hall–Kier alpha value is -1.71. The highest BCUT2D eigenvalue weighted by Crippen LogP contribution is 2.20. The van der Waals surface area contributed by atoms with Crippen LogP contribution in [0.15, 0.2) is 48.5 Å². The predicted molar refractivity (Wildman–Crippen MR) is 82.7 cm³/mol. The Kier molecular flexibility index (Phi) is 5.48. The van der Waals surface area contributed by atoms with E-state index in [9.17, 15) is 9.18 Å². The minimum Gasteiger partial charge on any atom is -0.324 e. The molecule has 2 N–H and O–H groups in total. The predicted octanol–water partition coefficient (Wildman–Crippen LogP) is 4.07. The fraction of sp³-hybridized carbons (Fsp3) is 0.235. The third-order valence-electron chi connectivity index (χ3n) is 3.36. The van der Waals surface area contributed by atoms with Crippen LogP contribution in [0, 0.1) is 5.82 Å². The Morgan fingerprint density at radius 2 is 1.90 bits per heavy atom. The van der Waals surface area contributed by atoms with Crippen molar-refractivity contribution in [2.45, 2.75) is 25.3 Å². The first-order chi connectivity index (χ1) is 10.1. The van der Waals surface area contributed by atoms with Crippen molar-refractivity contribution >= 4 is 17.4 Å². The molecule has 0 heterocycles. The summed E-state index contributed by atoms with van der Waals surface area (Å²) in [5, 5.41) is 0.414. The van der Waals surface area contributed by atoms with Crippen LogP contribution in [-0.4, -0.2) is 5.78 Å². The van der Waals surface area contributed by atoms with Crippen molar-refractivity contribution in [1.82, 2.24) is 0 Å². The highest BCUT2D eigenvalue weighted by molar-refractivity contribution is 6.31. The number of rotatable bonds is 6. The van der Waals surface area contributed by atoms with E-state index in [1.165, 1.54) is 18.2 Å². The van der Waals surface area contributed by atoms with Gasteiger partial charge in [-0.1, -0.05) is 41.9 Å². The molecule has 0 amide bonds. The van der Waals surface area contributed by atoms with E-state index in [2.05, 4.69) is 0 Å². The summed E-state index contributed by atoms with van der Waals surface area (Å²) in [7, 11) is 0. The van der Waals surface area contributed by atoms with Crippen LogP contribution >= 0.6 is 11.6 Å². The summed E-state index contributed by atoms with van der Waals surface area (Å²) in [6.07, 6.45) is 1.05. The van der Waals surface area contributed by atoms with Crippen LogP contribution in [0.1, 0.15) is 30.0 Å². The molecule has 2 aromatic carbocycles. The van der Waals surface area contributed by atoms with Gasteiger partial charge < -0.3 is 5.73 Å². The van der Waals surface area contributed by atoms with Gasteiger partial charge in [0.15, 0.2) is 0 Å². The molecule has 1 unspecified atom stereocenters.